The van der Waals surface area contributed by atoms with Gasteiger partial charge in [-0.15, -0.1) is 0 Å². The Bertz CT molecular complexity index is 610. The molecule has 3 nitrogen and oxygen atoms in total. The number of hydrazine groups is 1. The first kappa shape index (κ1) is 11.1. The lowest BCUT2D eigenvalue weighted by Gasteiger charge is -2.13. The molecule has 17 heavy (non-hydrogen) atoms. The Morgan fingerprint density at radius 1 is 1.18 bits per heavy atom. The van der Waals surface area contributed by atoms with Crippen molar-refractivity contribution in [2.45, 2.75) is 19.3 Å². The molecular formula is C12H11Cl2N3. The van der Waals surface area contributed by atoms with Crippen molar-refractivity contribution in [2.24, 2.45) is 5.84 Å². The highest BCUT2D eigenvalue weighted by Gasteiger charge is 2.21. The van der Waals surface area contributed by atoms with Crippen LogP contribution in [-0.4, -0.2) is 4.98 Å². The third-order valence-electron chi connectivity index (χ3n) is 3.21. The van der Waals surface area contributed by atoms with Gasteiger partial charge < -0.3 is 5.43 Å². The average Bonchev–Trinajstić information content (AvgIpc) is 2.79. The van der Waals surface area contributed by atoms with Gasteiger partial charge >= 0.3 is 0 Å². The summed E-state index contributed by atoms with van der Waals surface area (Å²) in [6.07, 6.45) is 3.06. The summed E-state index contributed by atoms with van der Waals surface area (Å²) in [7, 11) is 0. The molecule has 88 valence electrons. The van der Waals surface area contributed by atoms with Gasteiger partial charge in [0.15, 0.2) is 0 Å². The summed E-state index contributed by atoms with van der Waals surface area (Å²) in [4.78, 5) is 4.61. The maximum atomic E-state index is 6.22. The van der Waals surface area contributed by atoms with Gasteiger partial charge in [0.05, 0.1) is 21.2 Å². The molecule has 0 amide bonds. The summed E-state index contributed by atoms with van der Waals surface area (Å²) in [5, 5.41) is 2.05. The number of halogens is 2. The number of hydrogen-bond donors (Lipinski definition) is 2. The number of rotatable bonds is 1. The van der Waals surface area contributed by atoms with Crippen molar-refractivity contribution in [3.8, 4) is 0 Å². The largest absolute Gasteiger partial charge is 0.323 e. The lowest BCUT2D eigenvalue weighted by atomic mass is 10.1. The fraction of sp³-hybridized carbons (Fsp3) is 0.250. The normalized spacial score (nSPS) is 14.1. The molecule has 1 aliphatic rings. The molecule has 1 heterocycles. The van der Waals surface area contributed by atoms with Crippen LogP contribution in [-0.2, 0) is 12.8 Å². The minimum atomic E-state index is 0.607. The van der Waals surface area contributed by atoms with Gasteiger partial charge in [0.1, 0.15) is 0 Å². The van der Waals surface area contributed by atoms with Crippen LogP contribution >= 0.6 is 23.2 Å². The van der Waals surface area contributed by atoms with Crippen molar-refractivity contribution in [1.29, 1.82) is 0 Å². The van der Waals surface area contributed by atoms with E-state index in [0.29, 0.717) is 10.0 Å². The van der Waals surface area contributed by atoms with E-state index in [-0.39, 0.29) is 0 Å². The first-order valence-corrected chi connectivity index (χ1v) is 6.24. The number of nitrogens with one attached hydrogen (secondary N) is 1. The van der Waals surface area contributed by atoms with Crippen LogP contribution in [0.4, 0.5) is 5.69 Å². The van der Waals surface area contributed by atoms with E-state index in [9.17, 15) is 0 Å². The highest BCUT2D eigenvalue weighted by molar-refractivity contribution is 6.41. The molecule has 0 saturated carbocycles. The molecule has 0 fully saturated rings. The van der Waals surface area contributed by atoms with Crippen LogP contribution in [0, 0.1) is 0 Å². The van der Waals surface area contributed by atoms with Crippen LogP contribution in [0.2, 0.25) is 10.0 Å². The number of nitrogen functional groups attached to an aromatic ring is 1. The van der Waals surface area contributed by atoms with Crippen LogP contribution in [0.25, 0.3) is 10.9 Å². The monoisotopic (exact) mass is 267 g/mol. The first-order chi connectivity index (χ1) is 8.22. The van der Waals surface area contributed by atoms with Crippen LogP contribution < -0.4 is 11.3 Å². The van der Waals surface area contributed by atoms with E-state index >= 15 is 0 Å². The standard InChI is InChI=1S/C12H11Cl2N3/c13-7-4-5-8(14)12-10(7)11(17-15)6-2-1-3-9(6)16-12/h4-5H,1-3,15H2,(H,16,17). The lowest BCUT2D eigenvalue weighted by Crippen LogP contribution is -2.11. The summed E-state index contributed by atoms with van der Waals surface area (Å²) >= 11 is 12.4. The van der Waals surface area contributed by atoms with Gasteiger partial charge in [0, 0.05) is 11.1 Å². The minimum absolute atomic E-state index is 0.607. The van der Waals surface area contributed by atoms with Crippen molar-refractivity contribution >= 4 is 39.8 Å². The van der Waals surface area contributed by atoms with E-state index in [2.05, 4.69) is 10.4 Å². The SMILES string of the molecule is NNc1c2c(nc3c(Cl)ccc(Cl)c13)CCC2. The molecule has 3 rings (SSSR count). The fourth-order valence-corrected chi connectivity index (χ4v) is 2.90. The number of pyridine rings is 1. The predicted molar refractivity (Wildman–Crippen MR) is 71.6 cm³/mol. The molecule has 0 bridgehead atoms. The molecule has 1 aliphatic carbocycles. The van der Waals surface area contributed by atoms with E-state index in [1.165, 1.54) is 5.56 Å². The molecule has 0 saturated heterocycles. The van der Waals surface area contributed by atoms with Gasteiger partial charge in [-0.2, -0.15) is 0 Å². The van der Waals surface area contributed by atoms with Gasteiger partial charge in [0.2, 0.25) is 0 Å². The summed E-state index contributed by atoms with van der Waals surface area (Å²) < 4.78 is 0. The second kappa shape index (κ2) is 4.02. The van der Waals surface area contributed by atoms with E-state index in [4.69, 9.17) is 29.0 Å². The molecule has 3 N–H and O–H groups in total. The Labute approximate surface area is 109 Å². The predicted octanol–water partition coefficient (Wildman–Crippen LogP) is 3.32. The van der Waals surface area contributed by atoms with Crippen LogP contribution in [0.3, 0.4) is 0 Å². The van der Waals surface area contributed by atoms with Gasteiger partial charge in [-0.1, -0.05) is 23.2 Å². The number of anilines is 1. The average molecular weight is 268 g/mol. The van der Waals surface area contributed by atoms with E-state index in [1.54, 1.807) is 12.1 Å². The molecule has 1 aromatic carbocycles. The molecule has 0 unspecified atom stereocenters. The van der Waals surface area contributed by atoms with E-state index in [1.807, 2.05) is 0 Å². The molecule has 0 atom stereocenters. The Balaban J connectivity index is 2.49. The van der Waals surface area contributed by atoms with E-state index < -0.39 is 0 Å². The number of aromatic nitrogens is 1. The lowest BCUT2D eigenvalue weighted by molar-refractivity contribution is 0.901. The number of hydrogen-bond acceptors (Lipinski definition) is 3. The van der Waals surface area contributed by atoms with Gasteiger partial charge in [0.25, 0.3) is 0 Å². The number of nitrogens with two attached hydrogens (primary N) is 1. The zero-order valence-electron chi connectivity index (χ0n) is 9.06. The zero-order valence-corrected chi connectivity index (χ0v) is 10.6. The Morgan fingerprint density at radius 2 is 1.94 bits per heavy atom. The maximum absolute atomic E-state index is 6.22. The van der Waals surface area contributed by atoms with Crippen molar-refractivity contribution in [2.75, 3.05) is 5.43 Å². The summed E-state index contributed by atoms with van der Waals surface area (Å²) in [6, 6.07) is 3.54. The van der Waals surface area contributed by atoms with Crippen LogP contribution in [0.5, 0.6) is 0 Å². The second-order valence-electron chi connectivity index (χ2n) is 4.16. The first-order valence-electron chi connectivity index (χ1n) is 5.48. The molecule has 0 spiro atoms. The second-order valence-corrected chi connectivity index (χ2v) is 4.98. The number of nitrogens with zero attached hydrogens (tertiary/aromatic N) is 1. The number of fused-ring (bicyclic) bond motifs is 2. The van der Waals surface area contributed by atoms with Crippen LogP contribution in [0.15, 0.2) is 12.1 Å². The third kappa shape index (κ3) is 1.58. The maximum Gasteiger partial charge on any atom is 0.0927 e. The van der Waals surface area contributed by atoms with Crippen molar-refractivity contribution in [3.63, 3.8) is 0 Å². The van der Waals surface area contributed by atoms with Crippen molar-refractivity contribution in [3.05, 3.63) is 33.4 Å². The summed E-state index contributed by atoms with van der Waals surface area (Å²) in [5.41, 5.74) is 6.60. The Hall–Kier alpha value is -1.03. The van der Waals surface area contributed by atoms with Crippen molar-refractivity contribution < 1.29 is 0 Å². The van der Waals surface area contributed by atoms with Gasteiger partial charge in [-0.25, -0.2) is 0 Å². The number of aryl methyl sites for hydroxylation is 1. The third-order valence-corrected chi connectivity index (χ3v) is 3.83. The Kier molecular flexibility index (Phi) is 2.62. The topological polar surface area (TPSA) is 50.9 Å². The highest BCUT2D eigenvalue weighted by Crippen LogP contribution is 2.39. The molecule has 5 heteroatoms. The quantitative estimate of drug-likeness (QED) is 0.616. The smallest absolute Gasteiger partial charge is 0.0927 e. The van der Waals surface area contributed by atoms with Crippen molar-refractivity contribution in [1.82, 2.24) is 4.98 Å². The van der Waals surface area contributed by atoms with E-state index in [0.717, 1.165) is 41.5 Å². The highest BCUT2D eigenvalue weighted by atomic mass is 35.5. The molecular weight excluding hydrogens is 257 g/mol. The minimum Gasteiger partial charge on any atom is -0.323 e. The molecule has 0 aliphatic heterocycles. The summed E-state index contributed by atoms with van der Waals surface area (Å²) in [6.45, 7) is 0. The molecule has 1 aromatic heterocycles. The molecule has 2 aromatic rings. The summed E-state index contributed by atoms with van der Waals surface area (Å²) in [5.74, 6) is 5.63. The van der Waals surface area contributed by atoms with Crippen LogP contribution in [0.1, 0.15) is 17.7 Å². The zero-order chi connectivity index (χ0) is 12.0. The fourth-order valence-electron chi connectivity index (χ4n) is 2.45. The van der Waals surface area contributed by atoms with Gasteiger partial charge in [-0.05, 0) is 37.0 Å². The molecule has 0 radical (unpaired) electrons. The number of benzene rings is 1. The van der Waals surface area contributed by atoms with Gasteiger partial charge in [-0.3, -0.25) is 10.8 Å². The Morgan fingerprint density at radius 3 is 2.71 bits per heavy atom.